The normalized spacial score (nSPS) is 15.8. The lowest BCUT2D eigenvalue weighted by molar-refractivity contribution is -0.120. The zero-order valence-electron chi connectivity index (χ0n) is 15.1. The quantitative estimate of drug-likeness (QED) is 0.695. The zero-order chi connectivity index (χ0) is 18.4. The van der Waals surface area contributed by atoms with E-state index >= 15 is 0 Å². The molecule has 26 heavy (non-hydrogen) atoms. The van der Waals surface area contributed by atoms with Gasteiger partial charge in [-0.3, -0.25) is 9.69 Å². The number of carbonyl (C=O) groups is 1. The van der Waals surface area contributed by atoms with Gasteiger partial charge < -0.3 is 5.32 Å². The van der Waals surface area contributed by atoms with Crippen molar-refractivity contribution < 1.29 is 4.79 Å². The second kappa shape index (κ2) is 9.45. The number of benzene rings is 2. The number of halogens is 1. The summed E-state index contributed by atoms with van der Waals surface area (Å²) >= 11 is 7.46. The summed E-state index contributed by atoms with van der Waals surface area (Å²) in [7, 11) is 0. The van der Waals surface area contributed by atoms with Gasteiger partial charge in [-0.15, -0.1) is 11.8 Å². The smallest absolute Gasteiger partial charge is 0.233 e. The number of nitrogens with zero attached hydrogens (tertiary/aromatic N) is 1. The minimum Gasteiger partial charge on any atom is -0.351 e. The van der Waals surface area contributed by atoms with E-state index < -0.39 is 0 Å². The van der Waals surface area contributed by atoms with Gasteiger partial charge in [-0.2, -0.15) is 0 Å². The van der Waals surface area contributed by atoms with Crippen molar-refractivity contribution in [3.05, 3.63) is 64.7 Å². The Morgan fingerprint density at radius 1 is 1.12 bits per heavy atom. The largest absolute Gasteiger partial charge is 0.351 e. The number of amides is 1. The Balaban J connectivity index is 1.54. The Bertz CT molecular complexity index is 729. The Kier molecular flexibility index (Phi) is 7.00. The van der Waals surface area contributed by atoms with Crippen LogP contribution in [0.5, 0.6) is 0 Å². The minimum atomic E-state index is -0.151. The number of hydrogen-bond acceptors (Lipinski definition) is 3. The monoisotopic (exact) mass is 388 g/mol. The molecule has 1 N–H and O–H groups in total. The molecule has 0 radical (unpaired) electrons. The molecule has 3 nitrogen and oxygen atoms in total. The van der Waals surface area contributed by atoms with Crippen LogP contribution in [-0.4, -0.2) is 29.1 Å². The second-order valence-electron chi connectivity index (χ2n) is 6.68. The molecule has 1 aliphatic heterocycles. The van der Waals surface area contributed by atoms with Gasteiger partial charge in [0.2, 0.25) is 5.91 Å². The summed E-state index contributed by atoms with van der Waals surface area (Å²) in [5, 5.41) is 3.65. The third kappa shape index (κ3) is 5.50. The molecule has 0 bridgehead atoms. The predicted octanol–water partition coefficient (Wildman–Crippen LogP) is 4.73. The van der Waals surface area contributed by atoms with E-state index in [1.54, 1.807) is 11.8 Å². The molecular weight excluding hydrogens is 364 g/mol. The molecule has 5 heteroatoms. The molecule has 2 aromatic carbocycles. The predicted molar refractivity (Wildman–Crippen MR) is 110 cm³/mol. The number of rotatable bonds is 7. The number of thioether (sulfide) groups is 1. The van der Waals surface area contributed by atoms with Gasteiger partial charge in [-0.1, -0.05) is 35.9 Å². The van der Waals surface area contributed by atoms with Gasteiger partial charge in [-0.05, 0) is 68.2 Å². The summed E-state index contributed by atoms with van der Waals surface area (Å²) in [6.45, 7) is 5.84. The Hall–Kier alpha value is -1.49. The first-order valence-electron chi connectivity index (χ1n) is 9.11. The molecule has 0 aromatic heterocycles. The lowest BCUT2D eigenvalue weighted by Crippen LogP contribution is -2.31. The van der Waals surface area contributed by atoms with Crippen LogP contribution in [0.2, 0.25) is 5.02 Å². The van der Waals surface area contributed by atoms with Crippen molar-refractivity contribution in [3.63, 3.8) is 0 Å². The molecule has 3 rings (SSSR count). The number of hydrogen-bond donors (Lipinski definition) is 1. The van der Waals surface area contributed by atoms with Crippen molar-refractivity contribution in [2.24, 2.45) is 0 Å². The van der Waals surface area contributed by atoms with Gasteiger partial charge in [0, 0.05) is 23.0 Å². The fourth-order valence-corrected chi connectivity index (χ4v) is 4.18. The summed E-state index contributed by atoms with van der Waals surface area (Å²) in [5.74, 6) is 0.0564. The maximum atomic E-state index is 12.5. The molecule has 2 aromatic rings. The van der Waals surface area contributed by atoms with Crippen LogP contribution in [0, 0.1) is 0 Å². The summed E-state index contributed by atoms with van der Waals surface area (Å²) < 4.78 is 0. The van der Waals surface area contributed by atoms with Crippen LogP contribution in [0.3, 0.4) is 0 Å². The molecule has 1 atom stereocenters. The highest BCUT2D eigenvalue weighted by Crippen LogP contribution is 2.25. The summed E-state index contributed by atoms with van der Waals surface area (Å²) in [4.78, 5) is 16.0. The first kappa shape index (κ1) is 19.3. The molecule has 1 fully saturated rings. The highest BCUT2D eigenvalue weighted by molar-refractivity contribution is 8.00. The van der Waals surface area contributed by atoms with Gasteiger partial charge >= 0.3 is 0 Å². The Labute approximate surface area is 165 Å². The summed E-state index contributed by atoms with van der Waals surface area (Å²) in [6.07, 6.45) is 2.58. The fraction of sp³-hybridized carbons (Fsp3) is 0.381. The molecule has 0 aliphatic carbocycles. The number of nitrogens with one attached hydrogen (secondary N) is 1. The van der Waals surface area contributed by atoms with Crippen LogP contribution in [0.4, 0.5) is 0 Å². The first-order chi connectivity index (χ1) is 12.6. The van der Waals surface area contributed by atoms with Gasteiger partial charge in [0.25, 0.3) is 0 Å². The van der Waals surface area contributed by atoms with Gasteiger partial charge in [0.15, 0.2) is 0 Å². The van der Waals surface area contributed by atoms with Crippen molar-refractivity contribution in [3.8, 4) is 0 Å². The van der Waals surface area contributed by atoms with Gasteiger partial charge in [-0.25, -0.2) is 0 Å². The second-order valence-corrected chi connectivity index (χ2v) is 8.53. The van der Waals surface area contributed by atoms with Crippen molar-refractivity contribution >= 4 is 29.3 Å². The third-order valence-electron chi connectivity index (χ3n) is 4.66. The maximum absolute atomic E-state index is 12.5. The van der Waals surface area contributed by atoms with Crippen LogP contribution in [0.15, 0.2) is 53.4 Å². The van der Waals surface area contributed by atoms with Crippen LogP contribution in [0.1, 0.15) is 30.9 Å². The molecule has 1 aliphatic rings. The maximum Gasteiger partial charge on any atom is 0.233 e. The van der Waals surface area contributed by atoms with Crippen molar-refractivity contribution in [2.75, 3.05) is 13.1 Å². The molecule has 1 heterocycles. The minimum absolute atomic E-state index is 0.0564. The van der Waals surface area contributed by atoms with Gasteiger partial charge in [0.1, 0.15) is 0 Å². The number of likely N-dealkylation sites (tertiary alicyclic amines) is 1. The zero-order valence-corrected chi connectivity index (χ0v) is 16.7. The van der Waals surface area contributed by atoms with E-state index in [4.69, 9.17) is 11.6 Å². The van der Waals surface area contributed by atoms with Crippen molar-refractivity contribution in [1.29, 1.82) is 0 Å². The average molecular weight is 389 g/mol. The Morgan fingerprint density at radius 3 is 2.46 bits per heavy atom. The van der Waals surface area contributed by atoms with E-state index in [0.29, 0.717) is 11.6 Å². The fourth-order valence-electron chi connectivity index (χ4n) is 3.16. The lowest BCUT2D eigenvalue weighted by atomic mass is 10.1. The highest BCUT2D eigenvalue weighted by atomic mass is 35.5. The first-order valence-corrected chi connectivity index (χ1v) is 10.4. The third-order valence-corrected chi connectivity index (χ3v) is 6.02. The molecule has 1 amide bonds. The molecule has 0 saturated carbocycles. The van der Waals surface area contributed by atoms with E-state index in [1.165, 1.54) is 37.1 Å². The van der Waals surface area contributed by atoms with Crippen LogP contribution in [0.25, 0.3) is 0 Å². The van der Waals surface area contributed by atoms with Crippen molar-refractivity contribution in [2.45, 2.75) is 43.0 Å². The van der Waals surface area contributed by atoms with Crippen LogP contribution < -0.4 is 5.32 Å². The molecule has 0 spiro atoms. The van der Waals surface area contributed by atoms with E-state index in [1.807, 2.05) is 37.3 Å². The molecule has 1 saturated heterocycles. The van der Waals surface area contributed by atoms with E-state index in [2.05, 4.69) is 28.4 Å². The number of carbonyl (C=O) groups excluding carboxylic acids is 1. The van der Waals surface area contributed by atoms with Gasteiger partial charge in [0.05, 0.1) is 5.25 Å². The molecule has 138 valence electrons. The van der Waals surface area contributed by atoms with Crippen molar-refractivity contribution in [1.82, 2.24) is 10.2 Å². The van der Waals surface area contributed by atoms with Crippen LogP contribution in [-0.2, 0) is 17.9 Å². The molecule has 0 unspecified atom stereocenters. The van der Waals surface area contributed by atoms with Crippen LogP contribution >= 0.6 is 23.4 Å². The van der Waals surface area contributed by atoms with E-state index in [9.17, 15) is 4.79 Å². The molecular formula is C21H25ClN2OS. The topological polar surface area (TPSA) is 32.3 Å². The highest BCUT2D eigenvalue weighted by Gasteiger charge is 2.16. The lowest BCUT2D eigenvalue weighted by Gasteiger charge is -2.18. The summed E-state index contributed by atoms with van der Waals surface area (Å²) in [5.41, 5.74) is 2.52. The summed E-state index contributed by atoms with van der Waals surface area (Å²) in [6, 6.07) is 16.0. The van der Waals surface area contributed by atoms with E-state index in [-0.39, 0.29) is 11.2 Å². The Morgan fingerprint density at radius 2 is 1.77 bits per heavy atom. The average Bonchev–Trinajstić information content (AvgIpc) is 3.15. The van der Waals surface area contributed by atoms with E-state index in [0.717, 1.165) is 11.4 Å². The standard InChI is InChI=1S/C21H25ClN2OS/c1-16(26-20-10-8-19(22)9-11-20)21(25)23-14-17-6-2-3-7-18(17)15-24-12-4-5-13-24/h2-3,6-11,16H,4-5,12-15H2,1H3,(H,23,25)/t16-/m1/s1. The SMILES string of the molecule is C[C@@H](Sc1ccc(Cl)cc1)C(=O)NCc1ccccc1CN1CCCC1.